The van der Waals surface area contributed by atoms with E-state index in [1.807, 2.05) is 6.07 Å². The van der Waals surface area contributed by atoms with E-state index >= 15 is 0 Å². The van der Waals surface area contributed by atoms with E-state index in [1.165, 1.54) is 25.1 Å². The summed E-state index contributed by atoms with van der Waals surface area (Å²) in [5, 5.41) is 11.4. The number of ketones is 1. The monoisotopic (exact) mass is 236 g/mol. The van der Waals surface area contributed by atoms with Crippen molar-refractivity contribution >= 4 is 29.0 Å². The van der Waals surface area contributed by atoms with Crippen LogP contribution < -0.4 is 5.32 Å². The number of hydrogen-bond donors (Lipinski definition) is 1. The Morgan fingerprint density at radius 1 is 1.50 bits per heavy atom. The van der Waals surface area contributed by atoms with Gasteiger partial charge in [0.15, 0.2) is 0 Å². The lowest BCUT2D eigenvalue weighted by atomic mass is 10.2. The molecule has 0 atom stereocenters. The highest BCUT2D eigenvalue weighted by molar-refractivity contribution is 6.33. The molecule has 0 bridgehead atoms. The quantitative estimate of drug-likeness (QED) is 0.818. The molecule has 0 unspecified atom stereocenters. The molecule has 1 amide bonds. The van der Waals surface area contributed by atoms with Crippen LogP contribution in [0.5, 0.6) is 0 Å². The van der Waals surface area contributed by atoms with Gasteiger partial charge in [0.25, 0.3) is 0 Å². The van der Waals surface area contributed by atoms with Crippen LogP contribution in [0, 0.1) is 11.3 Å². The Balaban J connectivity index is 2.79. The SMILES string of the molecule is CC(=O)CC(=O)Nc1ccc(C#N)cc1Cl. The maximum absolute atomic E-state index is 11.3. The molecule has 4 nitrogen and oxygen atoms in total. The molecule has 82 valence electrons. The number of Topliss-reactive ketones (excluding diaryl/α,β-unsaturated/α-hetero) is 1. The second-order valence-electron chi connectivity index (χ2n) is 3.23. The summed E-state index contributed by atoms with van der Waals surface area (Å²) in [6.07, 6.45) is -0.184. The Morgan fingerprint density at radius 3 is 2.69 bits per heavy atom. The molecule has 1 rings (SSSR count). The van der Waals surface area contributed by atoms with Crippen LogP contribution in [0.3, 0.4) is 0 Å². The van der Waals surface area contributed by atoms with E-state index in [0.717, 1.165) is 0 Å². The van der Waals surface area contributed by atoms with Gasteiger partial charge in [-0.2, -0.15) is 5.26 Å². The molecule has 0 aliphatic rings. The average molecular weight is 237 g/mol. The predicted octanol–water partition coefficient (Wildman–Crippen LogP) is 2.13. The molecule has 0 fully saturated rings. The van der Waals surface area contributed by atoms with E-state index in [0.29, 0.717) is 11.3 Å². The molecule has 0 saturated carbocycles. The standard InChI is InChI=1S/C11H9ClN2O2/c1-7(15)4-11(16)14-10-3-2-8(6-13)5-9(10)12/h2-3,5H,4H2,1H3,(H,14,16). The molecule has 0 aliphatic carbocycles. The fraction of sp³-hybridized carbons (Fsp3) is 0.182. The zero-order valence-electron chi connectivity index (χ0n) is 8.58. The largest absolute Gasteiger partial charge is 0.324 e. The lowest BCUT2D eigenvalue weighted by Gasteiger charge is -2.05. The summed E-state index contributed by atoms with van der Waals surface area (Å²) < 4.78 is 0. The van der Waals surface area contributed by atoms with Crippen molar-refractivity contribution in [3.05, 3.63) is 28.8 Å². The topological polar surface area (TPSA) is 70.0 Å². The summed E-state index contributed by atoms with van der Waals surface area (Å²) in [6, 6.07) is 6.44. The number of nitriles is 1. The third kappa shape index (κ3) is 3.37. The first-order valence-corrected chi connectivity index (χ1v) is 4.89. The second kappa shape index (κ2) is 5.29. The maximum Gasteiger partial charge on any atom is 0.231 e. The number of nitrogens with zero attached hydrogens (tertiary/aromatic N) is 1. The second-order valence-corrected chi connectivity index (χ2v) is 3.64. The molecule has 5 heteroatoms. The number of carbonyl (C=O) groups excluding carboxylic acids is 2. The van der Waals surface area contributed by atoms with Gasteiger partial charge >= 0.3 is 0 Å². The van der Waals surface area contributed by atoms with Crippen molar-refractivity contribution in [1.29, 1.82) is 5.26 Å². The van der Waals surface area contributed by atoms with Crippen LogP contribution in [0.15, 0.2) is 18.2 Å². The normalized spacial score (nSPS) is 9.31. The van der Waals surface area contributed by atoms with Crippen molar-refractivity contribution < 1.29 is 9.59 Å². The highest BCUT2D eigenvalue weighted by Crippen LogP contribution is 2.22. The average Bonchev–Trinajstić information content (AvgIpc) is 2.19. The Hall–Kier alpha value is -1.86. The number of rotatable bonds is 3. The van der Waals surface area contributed by atoms with Gasteiger partial charge in [-0.3, -0.25) is 9.59 Å². The van der Waals surface area contributed by atoms with E-state index < -0.39 is 5.91 Å². The van der Waals surface area contributed by atoms with E-state index in [-0.39, 0.29) is 17.2 Å². The van der Waals surface area contributed by atoms with Gasteiger partial charge in [0.2, 0.25) is 5.91 Å². The van der Waals surface area contributed by atoms with Gasteiger partial charge in [0, 0.05) is 0 Å². The Bertz CT molecular complexity index is 477. The number of amides is 1. The van der Waals surface area contributed by atoms with E-state index in [4.69, 9.17) is 16.9 Å². The molecule has 1 aromatic rings. The van der Waals surface area contributed by atoms with Gasteiger partial charge in [-0.1, -0.05) is 11.6 Å². The lowest BCUT2D eigenvalue weighted by Crippen LogP contribution is -2.14. The molecule has 1 aromatic carbocycles. The van der Waals surface area contributed by atoms with Gasteiger partial charge in [-0.05, 0) is 25.1 Å². The first-order valence-electron chi connectivity index (χ1n) is 4.52. The maximum atomic E-state index is 11.3. The highest BCUT2D eigenvalue weighted by atomic mass is 35.5. The number of benzene rings is 1. The van der Waals surface area contributed by atoms with Crippen molar-refractivity contribution in [3.8, 4) is 6.07 Å². The Kier molecular flexibility index (Phi) is 4.03. The molecular formula is C11H9ClN2O2. The number of nitrogens with one attached hydrogen (secondary N) is 1. The fourth-order valence-corrected chi connectivity index (χ4v) is 1.33. The van der Waals surface area contributed by atoms with Gasteiger partial charge < -0.3 is 5.32 Å². The molecule has 0 saturated heterocycles. The summed E-state index contributed by atoms with van der Waals surface area (Å²) in [6.45, 7) is 1.33. The van der Waals surface area contributed by atoms with Crippen LogP contribution >= 0.6 is 11.6 Å². The molecule has 0 heterocycles. The molecule has 0 aromatic heterocycles. The van der Waals surface area contributed by atoms with Crippen molar-refractivity contribution in [2.45, 2.75) is 13.3 Å². The molecule has 1 N–H and O–H groups in total. The van der Waals surface area contributed by atoms with Crippen LogP contribution in [0.2, 0.25) is 5.02 Å². The smallest absolute Gasteiger partial charge is 0.231 e. The van der Waals surface area contributed by atoms with Crippen molar-refractivity contribution in [1.82, 2.24) is 0 Å². The zero-order chi connectivity index (χ0) is 12.1. The third-order valence-electron chi connectivity index (χ3n) is 1.78. The highest BCUT2D eigenvalue weighted by Gasteiger charge is 2.08. The minimum atomic E-state index is -0.417. The minimum Gasteiger partial charge on any atom is -0.324 e. The van der Waals surface area contributed by atoms with Gasteiger partial charge in [0.1, 0.15) is 5.78 Å². The molecule has 16 heavy (non-hydrogen) atoms. The van der Waals surface area contributed by atoms with Crippen molar-refractivity contribution in [2.24, 2.45) is 0 Å². The first-order chi connectivity index (χ1) is 7.52. The summed E-state index contributed by atoms with van der Waals surface area (Å²) in [4.78, 5) is 22.0. The number of carbonyl (C=O) groups is 2. The summed E-state index contributed by atoms with van der Waals surface area (Å²) in [7, 11) is 0. The molecule has 0 radical (unpaired) electrons. The lowest BCUT2D eigenvalue weighted by molar-refractivity contribution is -0.124. The predicted molar refractivity (Wildman–Crippen MR) is 60.1 cm³/mol. The van der Waals surface area contributed by atoms with Crippen LogP contribution in [0.4, 0.5) is 5.69 Å². The van der Waals surface area contributed by atoms with Gasteiger partial charge in [-0.25, -0.2) is 0 Å². The number of halogens is 1. The molecule has 0 aliphatic heterocycles. The van der Waals surface area contributed by atoms with Crippen LogP contribution in [0.25, 0.3) is 0 Å². The number of hydrogen-bond acceptors (Lipinski definition) is 3. The summed E-state index contributed by atoms with van der Waals surface area (Å²) >= 11 is 5.84. The Labute approximate surface area is 97.8 Å². The summed E-state index contributed by atoms with van der Waals surface area (Å²) in [5.41, 5.74) is 0.807. The summed E-state index contributed by atoms with van der Waals surface area (Å²) in [5.74, 6) is -0.638. The molecular weight excluding hydrogens is 228 g/mol. The van der Waals surface area contributed by atoms with E-state index in [9.17, 15) is 9.59 Å². The van der Waals surface area contributed by atoms with E-state index in [2.05, 4.69) is 5.32 Å². The first kappa shape index (κ1) is 12.2. The number of anilines is 1. The Morgan fingerprint density at radius 2 is 2.19 bits per heavy atom. The van der Waals surface area contributed by atoms with Gasteiger partial charge in [0.05, 0.1) is 28.8 Å². The fourth-order valence-electron chi connectivity index (χ4n) is 1.11. The zero-order valence-corrected chi connectivity index (χ0v) is 9.34. The van der Waals surface area contributed by atoms with E-state index in [1.54, 1.807) is 0 Å². The van der Waals surface area contributed by atoms with Crippen LogP contribution in [-0.2, 0) is 9.59 Å². The van der Waals surface area contributed by atoms with Gasteiger partial charge in [-0.15, -0.1) is 0 Å². The van der Waals surface area contributed by atoms with Crippen molar-refractivity contribution in [3.63, 3.8) is 0 Å². The molecule has 0 spiro atoms. The van der Waals surface area contributed by atoms with Crippen LogP contribution in [0.1, 0.15) is 18.9 Å². The third-order valence-corrected chi connectivity index (χ3v) is 2.09. The van der Waals surface area contributed by atoms with Crippen molar-refractivity contribution in [2.75, 3.05) is 5.32 Å². The minimum absolute atomic E-state index is 0.184. The van der Waals surface area contributed by atoms with Crippen LogP contribution in [-0.4, -0.2) is 11.7 Å².